The van der Waals surface area contributed by atoms with Crippen LogP contribution >= 0.6 is 0 Å². The molecule has 2 N–H and O–H groups in total. The minimum Gasteiger partial charge on any atom is -0.482 e. The van der Waals surface area contributed by atoms with Gasteiger partial charge in [-0.3, -0.25) is 4.90 Å². The topological polar surface area (TPSA) is 74.7 Å². The first-order valence-corrected chi connectivity index (χ1v) is 8.93. The van der Waals surface area contributed by atoms with Crippen molar-refractivity contribution in [1.29, 1.82) is 0 Å². The molecule has 1 aliphatic heterocycles. The van der Waals surface area contributed by atoms with E-state index in [2.05, 4.69) is 27.3 Å². The number of hydrogen-bond donors (Lipinski definition) is 2. The molecule has 1 aromatic carbocycles. The van der Waals surface area contributed by atoms with E-state index in [1.54, 1.807) is 0 Å². The fraction of sp³-hybridized carbons (Fsp3) is 0.400. The zero-order chi connectivity index (χ0) is 18.4. The van der Waals surface area contributed by atoms with E-state index in [1.807, 2.05) is 37.5 Å². The molecule has 1 fully saturated rings. The van der Waals surface area contributed by atoms with Gasteiger partial charge in [-0.25, -0.2) is 9.78 Å². The van der Waals surface area contributed by atoms with Crippen molar-refractivity contribution < 1.29 is 14.6 Å². The summed E-state index contributed by atoms with van der Waals surface area (Å²) in [4.78, 5) is 17.3. The highest BCUT2D eigenvalue weighted by Gasteiger charge is 2.21. The Labute approximate surface area is 153 Å². The number of hydrogen-bond acceptors (Lipinski definition) is 5. The van der Waals surface area contributed by atoms with Crippen LogP contribution in [0.3, 0.4) is 0 Å². The molecule has 0 saturated carbocycles. The number of aromatic nitrogens is 1. The van der Waals surface area contributed by atoms with Gasteiger partial charge in [-0.2, -0.15) is 0 Å². The monoisotopic (exact) mass is 355 g/mol. The highest BCUT2D eigenvalue weighted by atomic mass is 16.5. The van der Waals surface area contributed by atoms with Crippen LogP contribution in [0.5, 0.6) is 5.75 Å². The normalized spacial score (nSPS) is 17.7. The number of nitrogens with zero attached hydrogens (tertiary/aromatic N) is 2. The molecule has 6 heteroatoms. The number of nitrogens with one attached hydrogen (secondary N) is 1. The molecule has 1 saturated heterocycles. The second-order valence-electron chi connectivity index (χ2n) is 6.63. The fourth-order valence-electron chi connectivity index (χ4n) is 3.40. The third kappa shape index (κ3) is 4.95. The number of anilines is 1. The van der Waals surface area contributed by atoms with Gasteiger partial charge in [0.1, 0.15) is 11.6 Å². The lowest BCUT2D eigenvalue weighted by Crippen LogP contribution is -2.33. The summed E-state index contributed by atoms with van der Waals surface area (Å²) in [6, 6.07) is 11.9. The van der Waals surface area contributed by atoms with E-state index in [-0.39, 0.29) is 6.61 Å². The minimum absolute atomic E-state index is 0.312. The van der Waals surface area contributed by atoms with E-state index in [4.69, 9.17) is 9.84 Å². The second kappa shape index (κ2) is 8.67. The van der Waals surface area contributed by atoms with Crippen LogP contribution in [0.25, 0.3) is 0 Å². The number of carbonyl (C=O) groups is 1. The number of ether oxygens (including phenoxy) is 1. The number of benzene rings is 1. The first kappa shape index (κ1) is 18.2. The number of piperidine rings is 1. The summed E-state index contributed by atoms with van der Waals surface area (Å²) in [6.07, 6.45) is 4.25. The summed E-state index contributed by atoms with van der Waals surface area (Å²) in [7, 11) is 1.89. The first-order chi connectivity index (χ1) is 12.6. The van der Waals surface area contributed by atoms with Gasteiger partial charge in [-0.1, -0.05) is 12.1 Å². The summed E-state index contributed by atoms with van der Waals surface area (Å²) >= 11 is 0. The SMILES string of the molecule is CNc1cc(C2CCCN(Cc3ccc(OCC(=O)O)cc3)C2)ccn1. The van der Waals surface area contributed by atoms with Gasteiger partial charge < -0.3 is 15.2 Å². The van der Waals surface area contributed by atoms with Crippen molar-refractivity contribution in [2.24, 2.45) is 0 Å². The predicted octanol–water partition coefficient (Wildman–Crippen LogP) is 2.97. The number of likely N-dealkylation sites (tertiary alicyclic amines) is 1. The van der Waals surface area contributed by atoms with Crippen LogP contribution in [0, 0.1) is 0 Å². The molecule has 0 spiro atoms. The standard InChI is InChI=1S/C20H25N3O3/c1-21-19-11-16(8-9-22-19)17-3-2-10-23(13-17)12-15-4-6-18(7-5-15)26-14-20(24)25/h4-9,11,17H,2-3,10,12-14H2,1H3,(H,21,22)(H,24,25). The number of carboxylic acid groups (broad SMARTS) is 1. The van der Waals surface area contributed by atoms with Crippen molar-refractivity contribution in [2.75, 3.05) is 32.1 Å². The molecule has 1 atom stereocenters. The molecule has 1 unspecified atom stereocenters. The Morgan fingerprint density at radius 2 is 2.15 bits per heavy atom. The maximum atomic E-state index is 10.6. The van der Waals surface area contributed by atoms with Crippen molar-refractivity contribution in [3.8, 4) is 5.75 Å². The van der Waals surface area contributed by atoms with Crippen molar-refractivity contribution in [3.63, 3.8) is 0 Å². The van der Waals surface area contributed by atoms with Gasteiger partial charge in [0.15, 0.2) is 6.61 Å². The Kier molecular flexibility index (Phi) is 6.07. The average molecular weight is 355 g/mol. The molecule has 3 rings (SSSR count). The van der Waals surface area contributed by atoms with Crippen molar-refractivity contribution in [2.45, 2.75) is 25.3 Å². The van der Waals surface area contributed by atoms with Gasteiger partial charge in [-0.05, 0) is 60.7 Å². The maximum Gasteiger partial charge on any atom is 0.341 e. The average Bonchev–Trinajstić information content (AvgIpc) is 2.68. The molecule has 0 radical (unpaired) electrons. The van der Waals surface area contributed by atoms with E-state index in [0.29, 0.717) is 11.7 Å². The number of pyridine rings is 1. The Bertz CT molecular complexity index is 733. The molecular weight excluding hydrogens is 330 g/mol. The minimum atomic E-state index is -0.967. The molecular formula is C20H25N3O3. The highest BCUT2D eigenvalue weighted by molar-refractivity contribution is 5.68. The van der Waals surface area contributed by atoms with Crippen molar-refractivity contribution in [3.05, 3.63) is 53.7 Å². The largest absolute Gasteiger partial charge is 0.482 e. The third-order valence-electron chi connectivity index (χ3n) is 4.71. The number of aliphatic carboxylic acids is 1. The van der Waals surface area contributed by atoms with E-state index in [1.165, 1.54) is 24.0 Å². The second-order valence-corrected chi connectivity index (χ2v) is 6.63. The van der Waals surface area contributed by atoms with E-state index >= 15 is 0 Å². The Morgan fingerprint density at radius 1 is 1.35 bits per heavy atom. The van der Waals surface area contributed by atoms with Crippen LogP contribution in [0.4, 0.5) is 5.82 Å². The van der Waals surface area contributed by atoms with Crippen LogP contribution in [0.1, 0.15) is 29.9 Å². The maximum absolute atomic E-state index is 10.6. The van der Waals surface area contributed by atoms with Crippen LogP contribution < -0.4 is 10.1 Å². The summed E-state index contributed by atoms with van der Waals surface area (Å²) in [5.41, 5.74) is 2.55. The molecule has 1 aliphatic rings. The summed E-state index contributed by atoms with van der Waals surface area (Å²) in [6.45, 7) is 2.70. The van der Waals surface area contributed by atoms with Crippen LogP contribution in [-0.2, 0) is 11.3 Å². The first-order valence-electron chi connectivity index (χ1n) is 8.93. The van der Waals surface area contributed by atoms with Crippen LogP contribution in [-0.4, -0.2) is 47.7 Å². The zero-order valence-corrected chi connectivity index (χ0v) is 15.0. The van der Waals surface area contributed by atoms with Gasteiger partial charge in [0.2, 0.25) is 0 Å². The smallest absolute Gasteiger partial charge is 0.341 e. The van der Waals surface area contributed by atoms with E-state index < -0.39 is 5.97 Å². The molecule has 6 nitrogen and oxygen atoms in total. The third-order valence-corrected chi connectivity index (χ3v) is 4.71. The molecule has 0 aliphatic carbocycles. The lowest BCUT2D eigenvalue weighted by atomic mass is 9.91. The Balaban J connectivity index is 1.58. The van der Waals surface area contributed by atoms with E-state index in [0.717, 1.165) is 25.5 Å². The van der Waals surface area contributed by atoms with E-state index in [9.17, 15) is 4.79 Å². The molecule has 0 bridgehead atoms. The number of rotatable bonds is 7. The summed E-state index contributed by atoms with van der Waals surface area (Å²) in [5.74, 6) is 1.06. The molecule has 2 heterocycles. The lowest BCUT2D eigenvalue weighted by Gasteiger charge is -2.33. The van der Waals surface area contributed by atoms with Gasteiger partial charge in [-0.15, -0.1) is 0 Å². The molecule has 2 aromatic rings. The zero-order valence-electron chi connectivity index (χ0n) is 15.0. The van der Waals surface area contributed by atoms with Gasteiger partial charge in [0.05, 0.1) is 0 Å². The fourth-order valence-corrected chi connectivity index (χ4v) is 3.40. The van der Waals surface area contributed by atoms with Crippen LogP contribution in [0.15, 0.2) is 42.6 Å². The van der Waals surface area contributed by atoms with Gasteiger partial charge in [0.25, 0.3) is 0 Å². The molecule has 1 aromatic heterocycles. The number of carboxylic acids is 1. The lowest BCUT2D eigenvalue weighted by molar-refractivity contribution is -0.139. The summed E-state index contributed by atoms with van der Waals surface area (Å²) < 4.78 is 5.18. The summed E-state index contributed by atoms with van der Waals surface area (Å²) in [5, 5.41) is 11.8. The Hall–Kier alpha value is -2.60. The molecule has 138 valence electrons. The highest BCUT2D eigenvalue weighted by Crippen LogP contribution is 2.28. The van der Waals surface area contributed by atoms with Crippen molar-refractivity contribution in [1.82, 2.24) is 9.88 Å². The van der Waals surface area contributed by atoms with Crippen LogP contribution in [0.2, 0.25) is 0 Å². The van der Waals surface area contributed by atoms with Crippen molar-refractivity contribution >= 4 is 11.8 Å². The quantitative estimate of drug-likeness (QED) is 0.795. The molecule has 26 heavy (non-hydrogen) atoms. The Morgan fingerprint density at radius 3 is 2.88 bits per heavy atom. The van der Waals surface area contributed by atoms with Gasteiger partial charge >= 0.3 is 5.97 Å². The predicted molar refractivity (Wildman–Crippen MR) is 101 cm³/mol. The van der Waals surface area contributed by atoms with Gasteiger partial charge in [0, 0.05) is 26.3 Å². The molecule has 0 amide bonds.